The third-order valence-electron chi connectivity index (χ3n) is 1.60. The van der Waals surface area contributed by atoms with E-state index in [-0.39, 0.29) is 6.61 Å². The molecule has 0 heterocycles. The number of aliphatic hydroxyl groups is 1. The molecule has 0 fully saturated rings. The van der Waals surface area contributed by atoms with Crippen molar-refractivity contribution in [2.75, 3.05) is 18.1 Å². The van der Waals surface area contributed by atoms with Gasteiger partial charge in [0, 0.05) is 12.0 Å². The first-order valence-corrected chi connectivity index (χ1v) is 3.99. The average Bonchev–Trinajstić information content (AvgIpc) is 2.13. The van der Waals surface area contributed by atoms with Crippen molar-refractivity contribution >= 4 is 11.4 Å². The molecule has 3 heteroatoms. The summed E-state index contributed by atoms with van der Waals surface area (Å²) in [4.78, 5) is 0. The minimum absolute atomic E-state index is 0.0647. The Hall–Kier alpha value is -1.66. The Balaban J connectivity index is 2.91. The number of nitrogen functional groups attached to an aromatic ring is 2. The molecule has 0 aromatic heterocycles. The smallest absolute Gasteiger partial charge is 0.0706 e. The molecule has 0 radical (unpaired) electrons. The van der Waals surface area contributed by atoms with Gasteiger partial charge in [-0.1, -0.05) is 17.9 Å². The molecule has 0 amide bonds. The lowest BCUT2D eigenvalue weighted by atomic mass is 10.1. The van der Waals surface area contributed by atoms with E-state index in [9.17, 15) is 0 Å². The molecule has 1 aromatic rings. The molecule has 0 atom stereocenters. The fraction of sp³-hybridized carbons (Fsp3) is 0.200. The van der Waals surface area contributed by atoms with Crippen LogP contribution >= 0.6 is 0 Å². The summed E-state index contributed by atoms with van der Waals surface area (Å²) in [5, 5.41) is 8.51. The molecule has 1 aromatic carbocycles. The zero-order valence-electron chi connectivity index (χ0n) is 7.25. The maximum absolute atomic E-state index is 8.51. The van der Waals surface area contributed by atoms with Gasteiger partial charge in [-0.2, -0.15) is 0 Å². The molecule has 1 rings (SSSR count). The molecule has 0 saturated carbocycles. The van der Waals surface area contributed by atoms with Crippen molar-refractivity contribution in [1.29, 1.82) is 0 Å². The second kappa shape index (κ2) is 4.39. The lowest BCUT2D eigenvalue weighted by molar-refractivity contribution is 0.305. The first-order valence-electron chi connectivity index (χ1n) is 3.99. The molecule has 5 N–H and O–H groups in total. The van der Waals surface area contributed by atoms with Crippen LogP contribution in [0.15, 0.2) is 18.2 Å². The van der Waals surface area contributed by atoms with Crippen LogP contribution in [0.3, 0.4) is 0 Å². The summed E-state index contributed by atoms with van der Waals surface area (Å²) in [7, 11) is 0. The minimum Gasteiger partial charge on any atom is -0.397 e. The molecule has 68 valence electrons. The zero-order valence-corrected chi connectivity index (χ0v) is 7.25. The van der Waals surface area contributed by atoms with Gasteiger partial charge in [0.15, 0.2) is 0 Å². The van der Waals surface area contributed by atoms with Gasteiger partial charge in [-0.3, -0.25) is 0 Å². The number of nitrogens with two attached hydrogens (primary N) is 2. The average molecular weight is 176 g/mol. The van der Waals surface area contributed by atoms with Gasteiger partial charge in [0.25, 0.3) is 0 Å². The van der Waals surface area contributed by atoms with Gasteiger partial charge in [-0.25, -0.2) is 0 Å². The summed E-state index contributed by atoms with van der Waals surface area (Å²) < 4.78 is 0. The maximum atomic E-state index is 8.51. The van der Waals surface area contributed by atoms with Crippen LogP contribution in [0.25, 0.3) is 0 Å². The van der Waals surface area contributed by atoms with E-state index >= 15 is 0 Å². The Labute approximate surface area is 77.4 Å². The minimum atomic E-state index is 0.0647. The van der Waals surface area contributed by atoms with E-state index in [2.05, 4.69) is 11.8 Å². The number of anilines is 2. The van der Waals surface area contributed by atoms with Crippen molar-refractivity contribution in [3.8, 4) is 11.8 Å². The molecule has 0 aliphatic rings. The van der Waals surface area contributed by atoms with E-state index in [0.29, 0.717) is 23.4 Å². The highest BCUT2D eigenvalue weighted by atomic mass is 16.2. The van der Waals surface area contributed by atoms with Gasteiger partial charge in [-0.15, -0.1) is 0 Å². The summed E-state index contributed by atoms with van der Waals surface area (Å²) in [6.07, 6.45) is 0.453. The van der Waals surface area contributed by atoms with Crippen LogP contribution in [0, 0.1) is 11.8 Å². The third-order valence-corrected chi connectivity index (χ3v) is 1.60. The normalized spacial score (nSPS) is 9.00. The monoisotopic (exact) mass is 176 g/mol. The van der Waals surface area contributed by atoms with Crippen molar-refractivity contribution in [3.05, 3.63) is 23.8 Å². The van der Waals surface area contributed by atoms with Crippen LogP contribution < -0.4 is 11.5 Å². The van der Waals surface area contributed by atoms with Gasteiger partial charge in [0.2, 0.25) is 0 Å². The number of hydrogen-bond donors (Lipinski definition) is 3. The second-order valence-electron chi connectivity index (χ2n) is 2.58. The van der Waals surface area contributed by atoms with Crippen molar-refractivity contribution < 1.29 is 5.11 Å². The van der Waals surface area contributed by atoms with Gasteiger partial charge < -0.3 is 16.6 Å². The number of para-hydroxylation sites is 1. The van der Waals surface area contributed by atoms with E-state index in [1.165, 1.54) is 0 Å². The summed E-state index contributed by atoms with van der Waals surface area (Å²) >= 11 is 0. The van der Waals surface area contributed by atoms with Crippen LogP contribution in [0.5, 0.6) is 0 Å². The van der Waals surface area contributed by atoms with E-state index in [0.717, 1.165) is 0 Å². The third kappa shape index (κ3) is 2.39. The maximum Gasteiger partial charge on any atom is 0.0706 e. The van der Waals surface area contributed by atoms with Crippen molar-refractivity contribution in [2.24, 2.45) is 0 Å². The first-order chi connectivity index (χ1) is 6.25. The van der Waals surface area contributed by atoms with Crippen LogP contribution in [0.1, 0.15) is 12.0 Å². The van der Waals surface area contributed by atoms with Gasteiger partial charge >= 0.3 is 0 Å². The van der Waals surface area contributed by atoms with E-state index in [4.69, 9.17) is 16.6 Å². The molecule has 0 unspecified atom stereocenters. The second-order valence-corrected chi connectivity index (χ2v) is 2.58. The molecule has 13 heavy (non-hydrogen) atoms. The first kappa shape index (κ1) is 9.43. The van der Waals surface area contributed by atoms with Gasteiger partial charge in [0.1, 0.15) is 0 Å². The molecule has 0 spiro atoms. The molecule has 3 nitrogen and oxygen atoms in total. The number of hydrogen-bond acceptors (Lipinski definition) is 3. The summed E-state index contributed by atoms with van der Waals surface area (Å²) in [6.45, 7) is 0.0647. The number of aliphatic hydroxyl groups excluding tert-OH is 1. The molecule has 0 aliphatic heterocycles. The van der Waals surface area contributed by atoms with Crippen molar-refractivity contribution in [1.82, 2.24) is 0 Å². The largest absolute Gasteiger partial charge is 0.397 e. The standard InChI is InChI=1S/C10H12N2O/c11-9-6-3-5-8(10(9)12)4-1-2-7-13/h3,5-6,13H,2,7,11-12H2. The summed E-state index contributed by atoms with van der Waals surface area (Å²) in [6, 6.07) is 5.33. The van der Waals surface area contributed by atoms with Crippen molar-refractivity contribution in [2.45, 2.75) is 6.42 Å². The topological polar surface area (TPSA) is 72.3 Å². The Kier molecular flexibility index (Phi) is 3.18. The predicted octanol–water partition coefficient (Wildman–Crippen LogP) is 0.585. The number of rotatable bonds is 1. The SMILES string of the molecule is Nc1cccc(C#CCCO)c1N. The van der Waals surface area contributed by atoms with Gasteiger partial charge in [0.05, 0.1) is 18.0 Å². The van der Waals surface area contributed by atoms with Crippen LogP contribution in [-0.4, -0.2) is 11.7 Å². The molecular weight excluding hydrogens is 164 g/mol. The van der Waals surface area contributed by atoms with E-state index in [1.807, 2.05) is 0 Å². The van der Waals surface area contributed by atoms with E-state index < -0.39 is 0 Å². The van der Waals surface area contributed by atoms with Crippen LogP contribution in [-0.2, 0) is 0 Å². The Morgan fingerprint density at radius 1 is 1.31 bits per heavy atom. The Morgan fingerprint density at radius 2 is 2.08 bits per heavy atom. The molecule has 0 saturated heterocycles. The molecule has 0 aliphatic carbocycles. The number of benzene rings is 1. The molecular formula is C10H12N2O. The highest BCUT2D eigenvalue weighted by Gasteiger charge is 1.97. The van der Waals surface area contributed by atoms with E-state index in [1.54, 1.807) is 18.2 Å². The lowest BCUT2D eigenvalue weighted by Gasteiger charge is -2.00. The summed E-state index contributed by atoms with van der Waals surface area (Å²) in [5.74, 6) is 5.62. The van der Waals surface area contributed by atoms with Crippen molar-refractivity contribution in [3.63, 3.8) is 0 Å². The lowest BCUT2D eigenvalue weighted by Crippen LogP contribution is -1.96. The van der Waals surface area contributed by atoms with Gasteiger partial charge in [-0.05, 0) is 12.1 Å². The van der Waals surface area contributed by atoms with Crippen LogP contribution in [0.2, 0.25) is 0 Å². The quantitative estimate of drug-likeness (QED) is 0.433. The molecule has 0 bridgehead atoms. The highest BCUT2D eigenvalue weighted by Crippen LogP contribution is 2.17. The Morgan fingerprint density at radius 3 is 2.77 bits per heavy atom. The summed E-state index contributed by atoms with van der Waals surface area (Å²) in [5.41, 5.74) is 13.0. The zero-order chi connectivity index (χ0) is 9.68. The Bertz CT molecular complexity index is 350. The highest BCUT2D eigenvalue weighted by molar-refractivity contribution is 5.71. The fourth-order valence-electron chi connectivity index (χ4n) is 0.906. The predicted molar refractivity (Wildman–Crippen MR) is 53.8 cm³/mol. The van der Waals surface area contributed by atoms with Crippen LogP contribution in [0.4, 0.5) is 11.4 Å². The fourth-order valence-corrected chi connectivity index (χ4v) is 0.906.